The molecule has 33 heavy (non-hydrogen) atoms. The summed E-state index contributed by atoms with van der Waals surface area (Å²) in [5, 5.41) is 20.6. The molecule has 166 valence electrons. The summed E-state index contributed by atoms with van der Waals surface area (Å²) in [7, 11) is 1.51. The molecule has 0 aliphatic carbocycles. The number of halogens is 1. The van der Waals surface area contributed by atoms with Crippen LogP contribution in [0.3, 0.4) is 0 Å². The number of allylic oxidation sites excluding steroid dienone is 2. The Labute approximate surface area is 191 Å². The van der Waals surface area contributed by atoms with Crippen molar-refractivity contribution in [3.05, 3.63) is 112 Å². The molecule has 6 nitrogen and oxygen atoms in total. The van der Waals surface area contributed by atoms with Crippen molar-refractivity contribution in [3.8, 4) is 17.6 Å². The van der Waals surface area contributed by atoms with Crippen LogP contribution in [0.4, 0.5) is 10.1 Å². The van der Waals surface area contributed by atoms with Crippen LogP contribution in [-0.2, 0) is 13.0 Å². The Bertz CT molecular complexity index is 1240. The topological polar surface area (TPSA) is 85.4 Å². The number of rotatable bonds is 9. The van der Waals surface area contributed by atoms with Crippen molar-refractivity contribution in [2.45, 2.75) is 13.0 Å². The quantitative estimate of drug-likeness (QED) is 0.131. The average molecular weight is 444 g/mol. The molecule has 0 N–H and O–H groups in total. The van der Waals surface area contributed by atoms with Crippen molar-refractivity contribution in [1.29, 1.82) is 5.26 Å². The standard InChI is InChI=1S/C26H21FN2O4/c1-3-5-21-12-19(13-22(16-28)20-8-10-23(27)11-9-20)15-25(32-2)26(21)33-17-18-6-4-7-24(14-18)29(30)31/h3-4,6-15H,1,5,17H2,2H3. The van der Waals surface area contributed by atoms with Crippen LogP contribution >= 0.6 is 0 Å². The van der Waals surface area contributed by atoms with Gasteiger partial charge < -0.3 is 9.47 Å². The fourth-order valence-corrected chi connectivity index (χ4v) is 3.28. The van der Waals surface area contributed by atoms with Crippen molar-refractivity contribution in [3.63, 3.8) is 0 Å². The van der Waals surface area contributed by atoms with Gasteiger partial charge in [-0.1, -0.05) is 30.3 Å². The summed E-state index contributed by atoms with van der Waals surface area (Å²) in [4.78, 5) is 10.6. The molecule has 0 spiro atoms. The van der Waals surface area contributed by atoms with Gasteiger partial charge in [0.25, 0.3) is 5.69 Å². The van der Waals surface area contributed by atoms with E-state index in [1.807, 2.05) is 6.07 Å². The molecular weight excluding hydrogens is 423 g/mol. The Balaban J connectivity index is 1.96. The van der Waals surface area contributed by atoms with Gasteiger partial charge in [-0.2, -0.15) is 5.26 Å². The van der Waals surface area contributed by atoms with Crippen LogP contribution in [0.5, 0.6) is 11.5 Å². The number of nitriles is 1. The van der Waals surface area contributed by atoms with Crippen LogP contribution in [0.15, 0.2) is 73.3 Å². The Morgan fingerprint density at radius 2 is 1.97 bits per heavy atom. The maximum absolute atomic E-state index is 13.2. The molecule has 0 bridgehead atoms. The summed E-state index contributed by atoms with van der Waals surface area (Å²) < 4.78 is 24.8. The summed E-state index contributed by atoms with van der Waals surface area (Å²) in [6.07, 6.45) is 3.88. The number of methoxy groups -OCH3 is 1. The maximum atomic E-state index is 13.2. The minimum absolute atomic E-state index is 0.0142. The molecule has 3 aromatic rings. The van der Waals surface area contributed by atoms with Crippen LogP contribution in [0.1, 0.15) is 22.3 Å². The monoisotopic (exact) mass is 444 g/mol. The van der Waals surface area contributed by atoms with Crippen LogP contribution in [0.2, 0.25) is 0 Å². The number of hydrogen-bond acceptors (Lipinski definition) is 5. The minimum Gasteiger partial charge on any atom is -0.493 e. The molecule has 0 aliphatic rings. The van der Waals surface area contributed by atoms with Gasteiger partial charge in [0.05, 0.1) is 23.7 Å². The van der Waals surface area contributed by atoms with Gasteiger partial charge in [-0.25, -0.2) is 4.39 Å². The number of nitro benzene ring substituents is 1. The molecule has 3 rings (SSSR count). The Morgan fingerprint density at radius 1 is 1.21 bits per heavy atom. The van der Waals surface area contributed by atoms with Crippen molar-refractivity contribution >= 4 is 17.3 Å². The van der Waals surface area contributed by atoms with Gasteiger partial charge in [-0.3, -0.25) is 10.1 Å². The largest absolute Gasteiger partial charge is 0.493 e. The van der Waals surface area contributed by atoms with E-state index in [4.69, 9.17) is 9.47 Å². The first-order valence-electron chi connectivity index (χ1n) is 10.0. The van der Waals surface area contributed by atoms with Crippen molar-refractivity contribution in [2.75, 3.05) is 7.11 Å². The molecule has 7 heteroatoms. The van der Waals surface area contributed by atoms with Gasteiger partial charge >= 0.3 is 0 Å². The smallest absolute Gasteiger partial charge is 0.269 e. The maximum Gasteiger partial charge on any atom is 0.269 e. The van der Waals surface area contributed by atoms with E-state index in [0.717, 1.165) is 5.56 Å². The second kappa shape index (κ2) is 10.7. The number of nitro groups is 1. The van der Waals surface area contributed by atoms with E-state index < -0.39 is 4.92 Å². The van der Waals surface area contributed by atoms with Gasteiger partial charge in [0.1, 0.15) is 12.4 Å². The van der Waals surface area contributed by atoms with Gasteiger partial charge in [0.2, 0.25) is 0 Å². The van der Waals surface area contributed by atoms with Crippen molar-refractivity contribution < 1.29 is 18.8 Å². The van der Waals surface area contributed by atoms with Crippen LogP contribution in [0, 0.1) is 27.3 Å². The highest BCUT2D eigenvalue weighted by Crippen LogP contribution is 2.35. The van der Waals surface area contributed by atoms with E-state index in [1.165, 1.54) is 31.4 Å². The summed E-state index contributed by atoms with van der Waals surface area (Å²) in [6.45, 7) is 3.90. The number of hydrogen-bond donors (Lipinski definition) is 0. The molecule has 0 unspecified atom stereocenters. The molecule has 0 fully saturated rings. The second-order valence-electron chi connectivity index (χ2n) is 7.10. The molecule has 0 saturated carbocycles. The van der Waals surface area contributed by atoms with E-state index in [9.17, 15) is 19.8 Å². The lowest BCUT2D eigenvalue weighted by molar-refractivity contribution is -0.384. The minimum atomic E-state index is -0.456. The van der Waals surface area contributed by atoms with Crippen LogP contribution in [0.25, 0.3) is 11.6 Å². The Hall–Kier alpha value is -4.44. The lowest BCUT2D eigenvalue weighted by Gasteiger charge is -2.16. The van der Waals surface area contributed by atoms with Gasteiger partial charge in [-0.05, 0) is 53.5 Å². The average Bonchev–Trinajstić information content (AvgIpc) is 2.82. The summed E-state index contributed by atoms with van der Waals surface area (Å²) in [5.41, 5.74) is 3.06. The van der Waals surface area contributed by atoms with E-state index in [-0.39, 0.29) is 18.1 Å². The predicted molar refractivity (Wildman–Crippen MR) is 124 cm³/mol. The van der Waals surface area contributed by atoms with E-state index in [1.54, 1.807) is 42.5 Å². The molecule has 0 saturated heterocycles. The molecule has 0 heterocycles. The third-order valence-corrected chi connectivity index (χ3v) is 4.83. The van der Waals surface area contributed by atoms with E-state index in [0.29, 0.717) is 40.2 Å². The van der Waals surface area contributed by atoms with E-state index in [2.05, 4.69) is 12.6 Å². The zero-order valence-corrected chi connectivity index (χ0v) is 18.0. The third kappa shape index (κ3) is 5.83. The number of non-ortho nitro benzene ring substituents is 1. The van der Waals surface area contributed by atoms with Gasteiger partial charge in [0.15, 0.2) is 11.5 Å². The summed E-state index contributed by atoms with van der Waals surface area (Å²) in [6, 6.07) is 17.6. The number of ether oxygens (including phenoxy) is 2. The fourth-order valence-electron chi connectivity index (χ4n) is 3.28. The zero-order chi connectivity index (χ0) is 23.8. The zero-order valence-electron chi connectivity index (χ0n) is 18.0. The predicted octanol–water partition coefficient (Wildman–Crippen LogP) is 6.11. The molecular formula is C26H21FN2O4. The highest BCUT2D eigenvalue weighted by Gasteiger charge is 2.14. The van der Waals surface area contributed by atoms with Crippen LogP contribution < -0.4 is 9.47 Å². The summed E-state index contributed by atoms with van der Waals surface area (Å²) in [5.74, 6) is 0.556. The normalized spacial score (nSPS) is 10.9. The van der Waals surface area contributed by atoms with Gasteiger partial charge in [-0.15, -0.1) is 6.58 Å². The first-order chi connectivity index (χ1) is 15.9. The van der Waals surface area contributed by atoms with Crippen molar-refractivity contribution in [1.82, 2.24) is 0 Å². The lowest BCUT2D eigenvalue weighted by Crippen LogP contribution is -2.02. The van der Waals surface area contributed by atoms with E-state index >= 15 is 0 Å². The highest BCUT2D eigenvalue weighted by molar-refractivity contribution is 5.90. The molecule has 0 aliphatic heterocycles. The number of nitrogens with zero attached hydrogens (tertiary/aromatic N) is 2. The third-order valence-electron chi connectivity index (χ3n) is 4.83. The lowest BCUT2D eigenvalue weighted by atomic mass is 10.0. The summed E-state index contributed by atoms with van der Waals surface area (Å²) >= 11 is 0. The molecule has 0 radical (unpaired) electrons. The number of benzene rings is 3. The Morgan fingerprint density at radius 3 is 2.61 bits per heavy atom. The molecule has 0 aromatic heterocycles. The Kier molecular flexibility index (Phi) is 7.55. The SMILES string of the molecule is C=CCc1cc(C=C(C#N)c2ccc(F)cc2)cc(OC)c1OCc1cccc([N+](=O)[O-])c1. The molecule has 0 amide bonds. The molecule has 3 aromatic carbocycles. The first-order valence-corrected chi connectivity index (χ1v) is 10.0. The van der Waals surface area contributed by atoms with Gasteiger partial charge in [0, 0.05) is 17.7 Å². The molecule has 0 atom stereocenters. The second-order valence-corrected chi connectivity index (χ2v) is 7.10. The van der Waals surface area contributed by atoms with Crippen LogP contribution in [-0.4, -0.2) is 12.0 Å². The first kappa shape index (κ1) is 23.2. The fraction of sp³-hybridized carbons (Fsp3) is 0.115. The van der Waals surface area contributed by atoms with Crippen molar-refractivity contribution in [2.24, 2.45) is 0 Å². The highest BCUT2D eigenvalue weighted by atomic mass is 19.1.